The molecule has 0 aliphatic rings. The Morgan fingerprint density at radius 2 is 0.926 bits per heavy atom. The number of hydrogen-bond acceptors (Lipinski definition) is 0. The zero-order valence-corrected chi connectivity index (χ0v) is 23.4. The van der Waals surface area contributed by atoms with Crippen LogP contribution in [0.3, 0.4) is 0 Å². The third kappa shape index (κ3) is 4.26. The van der Waals surface area contributed by atoms with Crippen LogP contribution in [0.4, 0.5) is 0 Å². The van der Waals surface area contributed by atoms with Gasteiger partial charge in [0.15, 0.2) is 0 Å². The standard InChI is InChI=1S/C24H25.Bi.2BrH/c1-15-10-17(3)23(18(4)11-15)21-8-7-9-22(14-21)24-19(5)12-16(2)13-20(24)6;;;/h7-13H,1-6H3;;2*1H/q;+2;;/p-2. The average molecular weight is 682 g/mol. The summed E-state index contributed by atoms with van der Waals surface area (Å²) in [5.74, 6) is 0. The molecule has 0 spiro atoms. The Balaban J connectivity index is 2.37. The molecule has 3 heteroatoms. The molecule has 0 saturated heterocycles. The molecule has 3 rings (SSSR count). The molecule has 0 unspecified atom stereocenters. The number of rotatable bonds is 3. The van der Waals surface area contributed by atoms with E-state index in [0.717, 1.165) is 0 Å². The molecule has 0 nitrogen and oxygen atoms in total. The van der Waals surface area contributed by atoms with E-state index in [1.165, 1.54) is 58.9 Å². The van der Waals surface area contributed by atoms with Crippen molar-refractivity contribution in [2.75, 3.05) is 0 Å². The summed E-state index contributed by atoms with van der Waals surface area (Å²) in [5, 5.41) is 0. The molecule has 0 aliphatic heterocycles. The van der Waals surface area contributed by atoms with Crippen LogP contribution in [0.1, 0.15) is 33.4 Å². The second kappa shape index (κ2) is 8.48. The summed E-state index contributed by atoms with van der Waals surface area (Å²) >= 11 is 5.92. The summed E-state index contributed by atoms with van der Waals surface area (Å²) in [5.41, 5.74) is 13.6. The first kappa shape index (κ1) is 21.2. The summed E-state index contributed by atoms with van der Waals surface area (Å²) < 4.78 is 1.50. The molecule has 0 bridgehead atoms. The number of aryl methyl sites for hydroxylation is 6. The van der Waals surface area contributed by atoms with Crippen molar-refractivity contribution in [1.29, 1.82) is 0 Å². The quantitative estimate of drug-likeness (QED) is 0.254. The van der Waals surface area contributed by atoms with Crippen LogP contribution in [0.15, 0.2) is 42.5 Å². The first-order valence-corrected chi connectivity index (χ1v) is 25.9. The van der Waals surface area contributed by atoms with Crippen LogP contribution in [0.2, 0.25) is 0 Å². The van der Waals surface area contributed by atoms with Crippen LogP contribution in [0, 0.1) is 41.5 Å². The third-order valence-corrected chi connectivity index (χ3v) is 14.5. The van der Waals surface area contributed by atoms with E-state index >= 15 is 0 Å². The number of hydrogen-bond donors (Lipinski definition) is 0. The average Bonchev–Trinajstić information content (AvgIpc) is 2.52. The predicted molar refractivity (Wildman–Crippen MR) is 129 cm³/mol. The van der Waals surface area contributed by atoms with E-state index in [1.807, 2.05) is 0 Å². The van der Waals surface area contributed by atoms with Gasteiger partial charge < -0.3 is 0 Å². The van der Waals surface area contributed by atoms with E-state index in [2.05, 4.69) is 108 Å². The van der Waals surface area contributed by atoms with Gasteiger partial charge in [-0.15, -0.1) is 0 Å². The fraction of sp³-hybridized carbons (Fsp3) is 0.250. The van der Waals surface area contributed by atoms with Crippen LogP contribution in [0.5, 0.6) is 0 Å². The van der Waals surface area contributed by atoms with Crippen molar-refractivity contribution in [1.82, 2.24) is 0 Å². The van der Waals surface area contributed by atoms with Gasteiger partial charge >= 0.3 is 184 Å². The first-order valence-electron chi connectivity index (χ1n) is 9.12. The van der Waals surface area contributed by atoms with Crippen LogP contribution in [0.25, 0.3) is 22.3 Å². The molecule has 0 aliphatic carbocycles. The van der Waals surface area contributed by atoms with Gasteiger partial charge in [-0.3, -0.25) is 0 Å². The molecular formula is C24H25BiBr2. The van der Waals surface area contributed by atoms with Gasteiger partial charge in [-0.05, 0) is 0 Å². The predicted octanol–water partition coefficient (Wildman–Crippen LogP) is 7.36. The summed E-state index contributed by atoms with van der Waals surface area (Å²) in [4.78, 5) is 0. The molecule has 3 aromatic rings. The topological polar surface area (TPSA) is 0 Å². The summed E-state index contributed by atoms with van der Waals surface area (Å²) in [6, 6.07) is 16.0. The minimum atomic E-state index is -2.13. The fourth-order valence-corrected chi connectivity index (χ4v) is 13.9. The van der Waals surface area contributed by atoms with Crippen molar-refractivity contribution in [3.63, 3.8) is 0 Å². The molecule has 0 fully saturated rings. The Labute approximate surface area is 183 Å². The minimum absolute atomic E-state index is 1.33. The monoisotopic (exact) mass is 680 g/mol. The van der Waals surface area contributed by atoms with Crippen molar-refractivity contribution < 1.29 is 0 Å². The van der Waals surface area contributed by atoms with Gasteiger partial charge in [0.2, 0.25) is 0 Å². The van der Waals surface area contributed by atoms with Crippen molar-refractivity contribution in [3.8, 4) is 22.3 Å². The van der Waals surface area contributed by atoms with Crippen LogP contribution < -0.4 is 3.27 Å². The molecule has 0 N–H and O–H groups in total. The molecule has 0 atom stereocenters. The number of halogens is 2. The van der Waals surface area contributed by atoms with Crippen molar-refractivity contribution in [3.05, 3.63) is 75.8 Å². The van der Waals surface area contributed by atoms with Crippen LogP contribution >= 0.6 is 24.4 Å². The van der Waals surface area contributed by atoms with E-state index < -0.39 is 17.1 Å². The molecule has 0 radical (unpaired) electrons. The van der Waals surface area contributed by atoms with Gasteiger partial charge in [-0.1, -0.05) is 0 Å². The molecule has 3 aromatic carbocycles. The Hall–Kier alpha value is -0.497. The SMILES string of the molecule is Cc1cc(C)c(-c2cccc(-c3c(C)cc(C)cc3C)[c]2[Bi]([Br])[Br])c(C)c1. The van der Waals surface area contributed by atoms with Gasteiger partial charge in [0, 0.05) is 0 Å². The molecule has 140 valence electrons. The van der Waals surface area contributed by atoms with Gasteiger partial charge in [0.05, 0.1) is 0 Å². The molecule has 0 heterocycles. The number of benzene rings is 3. The Bertz CT molecular complexity index is 897. The fourth-order valence-electron chi connectivity index (χ4n) is 4.34. The Morgan fingerprint density at radius 3 is 1.22 bits per heavy atom. The van der Waals surface area contributed by atoms with Crippen molar-refractivity contribution in [2.24, 2.45) is 0 Å². The summed E-state index contributed by atoms with van der Waals surface area (Å²) in [7, 11) is 0. The van der Waals surface area contributed by atoms with Crippen LogP contribution in [-0.2, 0) is 0 Å². The Kier molecular flexibility index (Phi) is 6.66. The Morgan fingerprint density at radius 1 is 0.593 bits per heavy atom. The molecule has 0 aromatic heterocycles. The first-order chi connectivity index (χ1) is 12.7. The van der Waals surface area contributed by atoms with Gasteiger partial charge in [-0.25, -0.2) is 0 Å². The van der Waals surface area contributed by atoms with Crippen molar-refractivity contribution in [2.45, 2.75) is 41.5 Å². The summed E-state index contributed by atoms with van der Waals surface area (Å²) in [6.45, 7) is 13.3. The van der Waals surface area contributed by atoms with E-state index in [4.69, 9.17) is 0 Å². The molecule has 0 saturated carbocycles. The molecular weight excluding hydrogens is 657 g/mol. The van der Waals surface area contributed by atoms with Crippen LogP contribution in [-0.4, -0.2) is 17.1 Å². The second-order valence-electron chi connectivity index (χ2n) is 7.48. The van der Waals surface area contributed by atoms with Gasteiger partial charge in [0.25, 0.3) is 0 Å². The van der Waals surface area contributed by atoms with Crippen molar-refractivity contribution >= 4 is 44.8 Å². The van der Waals surface area contributed by atoms with Gasteiger partial charge in [0.1, 0.15) is 0 Å². The van der Waals surface area contributed by atoms with E-state index in [9.17, 15) is 0 Å². The zero-order valence-electron chi connectivity index (χ0n) is 16.7. The van der Waals surface area contributed by atoms with Gasteiger partial charge in [-0.2, -0.15) is 0 Å². The second-order valence-corrected chi connectivity index (χ2v) is 31.8. The molecule has 0 amide bonds. The van der Waals surface area contributed by atoms with E-state index in [0.29, 0.717) is 0 Å². The maximum absolute atomic E-state index is 4.03. The van der Waals surface area contributed by atoms with E-state index in [-0.39, 0.29) is 0 Å². The third-order valence-electron chi connectivity index (χ3n) is 5.10. The van der Waals surface area contributed by atoms with E-state index in [1.54, 1.807) is 0 Å². The maximum atomic E-state index is 4.03. The summed E-state index contributed by atoms with van der Waals surface area (Å²) in [6.07, 6.45) is 0. The molecule has 27 heavy (non-hydrogen) atoms. The zero-order chi connectivity index (χ0) is 19.9. The normalized spacial score (nSPS) is 11.3.